The zero-order valence-corrected chi connectivity index (χ0v) is 11.4. The summed E-state index contributed by atoms with van der Waals surface area (Å²) in [5.74, 6) is -0.530. The molecule has 2 unspecified atom stereocenters. The van der Waals surface area contributed by atoms with Crippen LogP contribution in [0.1, 0.15) is 30.4 Å². The molecule has 0 radical (unpaired) electrons. The Kier molecular flexibility index (Phi) is 6.45. The first kappa shape index (κ1) is 16.9. The molecule has 0 heterocycles. The number of benzene rings is 1. The van der Waals surface area contributed by atoms with Gasteiger partial charge in [-0.05, 0) is 25.0 Å². The second-order valence-electron chi connectivity index (χ2n) is 4.52. The van der Waals surface area contributed by atoms with Crippen molar-refractivity contribution in [3.8, 4) is 0 Å². The molecule has 20 heavy (non-hydrogen) atoms. The molecule has 1 aromatic carbocycles. The number of hydrogen-bond acceptors (Lipinski definition) is 3. The van der Waals surface area contributed by atoms with E-state index in [2.05, 4.69) is 0 Å². The fraction of sp³-hybridized carbons (Fsp3) is 0.571. The maximum Gasteiger partial charge on any atom is 0.416 e. The molecule has 1 rings (SSSR count). The van der Waals surface area contributed by atoms with Crippen molar-refractivity contribution in [1.29, 1.82) is 0 Å². The highest BCUT2D eigenvalue weighted by molar-refractivity contribution is 5.29. The smallest absolute Gasteiger partial charge is 0.392 e. The molecule has 1 aromatic rings. The van der Waals surface area contributed by atoms with Crippen LogP contribution in [0.5, 0.6) is 0 Å². The van der Waals surface area contributed by atoms with Crippen LogP contribution in [0.4, 0.5) is 13.2 Å². The Hall–Kier alpha value is -1.11. The topological polar surface area (TPSA) is 55.5 Å². The maximum atomic E-state index is 12.7. The molecule has 0 amide bonds. The molecule has 0 fully saturated rings. The van der Waals surface area contributed by atoms with E-state index in [1.807, 2.05) is 6.92 Å². The third kappa shape index (κ3) is 4.77. The van der Waals surface area contributed by atoms with Gasteiger partial charge in [-0.2, -0.15) is 13.2 Å². The van der Waals surface area contributed by atoms with Crippen LogP contribution in [0.25, 0.3) is 0 Å². The molecule has 0 saturated carbocycles. The van der Waals surface area contributed by atoms with Gasteiger partial charge in [0.25, 0.3) is 0 Å². The number of aliphatic hydroxyl groups excluding tert-OH is 1. The van der Waals surface area contributed by atoms with Gasteiger partial charge in [-0.25, -0.2) is 0 Å². The van der Waals surface area contributed by atoms with Crippen LogP contribution >= 0.6 is 0 Å². The average Bonchev–Trinajstić information content (AvgIpc) is 2.39. The van der Waals surface area contributed by atoms with Crippen molar-refractivity contribution in [2.75, 3.05) is 19.8 Å². The molecule has 0 bridgehead atoms. The monoisotopic (exact) mass is 291 g/mol. The van der Waals surface area contributed by atoms with Crippen LogP contribution in [0, 0.1) is 0 Å². The van der Waals surface area contributed by atoms with Gasteiger partial charge < -0.3 is 15.6 Å². The van der Waals surface area contributed by atoms with E-state index in [1.54, 1.807) is 6.07 Å². The lowest BCUT2D eigenvalue weighted by atomic mass is 9.90. The van der Waals surface area contributed by atoms with Gasteiger partial charge >= 0.3 is 6.18 Å². The molecule has 6 heteroatoms. The lowest BCUT2D eigenvalue weighted by Gasteiger charge is -2.22. The molecule has 0 aromatic heterocycles. The third-order valence-corrected chi connectivity index (χ3v) is 3.12. The Morgan fingerprint density at radius 1 is 1.35 bits per heavy atom. The highest BCUT2D eigenvalue weighted by Gasteiger charge is 2.31. The van der Waals surface area contributed by atoms with Gasteiger partial charge in [0.05, 0.1) is 11.7 Å². The first-order valence-electron chi connectivity index (χ1n) is 6.53. The average molecular weight is 291 g/mol. The zero-order chi connectivity index (χ0) is 15.2. The van der Waals surface area contributed by atoms with E-state index in [4.69, 9.17) is 10.5 Å². The Morgan fingerprint density at radius 2 is 2.05 bits per heavy atom. The molecular formula is C14H20F3NO2. The van der Waals surface area contributed by atoms with Gasteiger partial charge in [0, 0.05) is 25.7 Å². The van der Waals surface area contributed by atoms with E-state index < -0.39 is 23.8 Å². The Labute approximate surface area is 116 Å². The summed E-state index contributed by atoms with van der Waals surface area (Å²) in [6.07, 6.45) is -4.88. The molecule has 0 aliphatic carbocycles. The van der Waals surface area contributed by atoms with Gasteiger partial charge in [-0.3, -0.25) is 0 Å². The van der Waals surface area contributed by atoms with Crippen molar-refractivity contribution in [2.45, 2.75) is 31.5 Å². The highest BCUT2D eigenvalue weighted by Crippen LogP contribution is 2.32. The van der Waals surface area contributed by atoms with Gasteiger partial charge in [0.1, 0.15) is 0 Å². The summed E-state index contributed by atoms with van der Waals surface area (Å²) in [5.41, 5.74) is 5.25. The second-order valence-corrected chi connectivity index (χ2v) is 4.52. The number of ether oxygens (including phenoxy) is 1. The van der Waals surface area contributed by atoms with Crippen molar-refractivity contribution in [3.63, 3.8) is 0 Å². The molecule has 3 nitrogen and oxygen atoms in total. The number of halogens is 3. The molecule has 114 valence electrons. The lowest BCUT2D eigenvalue weighted by Crippen LogP contribution is -2.27. The van der Waals surface area contributed by atoms with Crippen LogP contribution in [0.15, 0.2) is 24.3 Å². The van der Waals surface area contributed by atoms with E-state index >= 15 is 0 Å². The summed E-state index contributed by atoms with van der Waals surface area (Å²) in [6.45, 7) is 2.80. The molecule has 2 atom stereocenters. The van der Waals surface area contributed by atoms with E-state index in [1.165, 1.54) is 6.07 Å². The third-order valence-electron chi connectivity index (χ3n) is 3.12. The molecule has 0 saturated heterocycles. The van der Waals surface area contributed by atoms with Gasteiger partial charge in [0.2, 0.25) is 0 Å². The predicted octanol–water partition coefficient (Wildman–Crippen LogP) is 2.54. The molecule has 0 spiro atoms. The van der Waals surface area contributed by atoms with Crippen LogP contribution in [-0.2, 0) is 10.9 Å². The summed E-state index contributed by atoms with van der Waals surface area (Å²) >= 11 is 0. The standard InChI is InChI=1S/C14H20F3NO2/c1-2-20-7-6-13(19)12(9-18)10-4-3-5-11(8-10)14(15,16)17/h3-5,8,12-13,19H,2,6-7,9,18H2,1H3. The minimum atomic E-state index is -4.40. The summed E-state index contributed by atoms with van der Waals surface area (Å²) in [7, 11) is 0. The summed E-state index contributed by atoms with van der Waals surface area (Å²) in [5, 5.41) is 10.0. The Bertz CT molecular complexity index is 410. The minimum Gasteiger partial charge on any atom is -0.392 e. The Morgan fingerprint density at radius 3 is 2.60 bits per heavy atom. The number of aliphatic hydroxyl groups is 1. The van der Waals surface area contributed by atoms with Crippen molar-refractivity contribution < 1.29 is 23.0 Å². The zero-order valence-electron chi connectivity index (χ0n) is 11.4. The number of hydrogen-bond donors (Lipinski definition) is 2. The quantitative estimate of drug-likeness (QED) is 0.759. The minimum absolute atomic E-state index is 0.0780. The van der Waals surface area contributed by atoms with Crippen molar-refractivity contribution in [2.24, 2.45) is 5.73 Å². The van der Waals surface area contributed by atoms with Crippen LogP contribution in [0.2, 0.25) is 0 Å². The molecular weight excluding hydrogens is 271 g/mol. The fourth-order valence-corrected chi connectivity index (χ4v) is 2.01. The van der Waals surface area contributed by atoms with E-state index in [9.17, 15) is 18.3 Å². The predicted molar refractivity (Wildman–Crippen MR) is 70.4 cm³/mol. The maximum absolute atomic E-state index is 12.7. The fourth-order valence-electron chi connectivity index (χ4n) is 2.01. The largest absolute Gasteiger partial charge is 0.416 e. The SMILES string of the molecule is CCOCCC(O)C(CN)c1cccc(C(F)(F)F)c1. The second kappa shape index (κ2) is 7.61. The highest BCUT2D eigenvalue weighted by atomic mass is 19.4. The van der Waals surface area contributed by atoms with E-state index in [0.717, 1.165) is 12.1 Å². The van der Waals surface area contributed by atoms with E-state index in [-0.39, 0.29) is 6.54 Å². The van der Waals surface area contributed by atoms with Crippen molar-refractivity contribution in [1.82, 2.24) is 0 Å². The lowest BCUT2D eigenvalue weighted by molar-refractivity contribution is -0.137. The van der Waals surface area contributed by atoms with Crippen molar-refractivity contribution in [3.05, 3.63) is 35.4 Å². The van der Waals surface area contributed by atoms with Gasteiger partial charge in [-0.15, -0.1) is 0 Å². The number of nitrogens with two attached hydrogens (primary N) is 1. The normalized spacial score (nSPS) is 15.1. The number of rotatable bonds is 7. The summed E-state index contributed by atoms with van der Waals surface area (Å²) in [4.78, 5) is 0. The van der Waals surface area contributed by atoms with Crippen LogP contribution < -0.4 is 5.73 Å². The molecule has 0 aliphatic rings. The number of alkyl halides is 3. The molecule has 0 aliphatic heterocycles. The van der Waals surface area contributed by atoms with Gasteiger partial charge in [-0.1, -0.05) is 18.2 Å². The van der Waals surface area contributed by atoms with Crippen LogP contribution in [-0.4, -0.2) is 31.0 Å². The summed E-state index contributed by atoms with van der Waals surface area (Å²) < 4.78 is 43.1. The van der Waals surface area contributed by atoms with Crippen LogP contribution in [0.3, 0.4) is 0 Å². The summed E-state index contributed by atoms with van der Waals surface area (Å²) in [6, 6.07) is 4.93. The van der Waals surface area contributed by atoms with Crippen molar-refractivity contribution >= 4 is 0 Å². The first-order chi connectivity index (χ1) is 9.40. The van der Waals surface area contributed by atoms with Gasteiger partial charge in [0.15, 0.2) is 0 Å². The first-order valence-corrected chi connectivity index (χ1v) is 6.53. The molecule has 3 N–H and O–H groups in total. The van der Waals surface area contributed by atoms with E-state index in [0.29, 0.717) is 25.2 Å². The Balaban J connectivity index is 2.84.